The number of benzene rings is 1. The lowest BCUT2D eigenvalue weighted by Gasteiger charge is -2.42. The van der Waals surface area contributed by atoms with Crippen molar-refractivity contribution in [2.75, 3.05) is 13.1 Å². The minimum absolute atomic E-state index is 0.0543. The highest BCUT2D eigenvalue weighted by Gasteiger charge is 2.38. The molecule has 2 rings (SSSR count). The van der Waals surface area contributed by atoms with E-state index in [0.29, 0.717) is 10.4 Å². The maximum Gasteiger partial charge on any atom is 0.137 e. The lowest BCUT2D eigenvalue weighted by Crippen LogP contribution is -2.45. The van der Waals surface area contributed by atoms with Gasteiger partial charge in [0.05, 0.1) is 4.47 Å². The second-order valence-electron chi connectivity index (χ2n) is 6.06. The number of nitrogens with one attached hydrogen (secondary N) is 1. The second kappa shape index (κ2) is 6.90. The molecule has 1 aliphatic carbocycles. The zero-order valence-electron chi connectivity index (χ0n) is 12.2. The summed E-state index contributed by atoms with van der Waals surface area (Å²) in [6.07, 6.45) is 4.40. The Kier molecular flexibility index (Phi) is 5.44. The maximum atomic E-state index is 13.2. The van der Waals surface area contributed by atoms with Crippen LogP contribution in [0.15, 0.2) is 22.7 Å². The third-order valence-electron chi connectivity index (χ3n) is 3.80. The van der Waals surface area contributed by atoms with E-state index in [-0.39, 0.29) is 11.4 Å². The quantitative estimate of drug-likeness (QED) is 0.734. The van der Waals surface area contributed by atoms with Crippen LogP contribution >= 0.6 is 15.9 Å². The fraction of sp³-hybridized carbons (Fsp3) is 0.625. The van der Waals surface area contributed by atoms with Crippen LogP contribution in [0.5, 0.6) is 5.75 Å². The van der Waals surface area contributed by atoms with Crippen molar-refractivity contribution in [2.24, 2.45) is 5.92 Å². The van der Waals surface area contributed by atoms with Crippen LogP contribution in [0, 0.1) is 11.7 Å². The van der Waals surface area contributed by atoms with Crippen molar-refractivity contribution in [2.45, 2.75) is 45.1 Å². The molecule has 4 heteroatoms. The molecular weight excluding hydrogens is 321 g/mol. The van der Waals surface area contributed by atoms with E-state index >= 15 is 0 Å². The van der Waals surface area contributed by atoms with Gasteiger partial charge in [0.2, 0.25) is 0 Å². The van der Waals surface area contributed by atoms with E-state index in [4.69, 9.17) is 4.74 Å². The van der Waals surface area contributed by atoms with Gasteiger partial charge in [-0.15, -0.1) is 0 Å². The van der Waals surface area contributed by atoms with Gasteiger partial charge in [-0.2, -0.15) is 0 Å². The first-order valence-electron chi connectivity index (χ1n) is 7.35. The summed E-state index contributed by atoms with van der Waals surface area (Å²) >= 11 is 3.21. The largest absolute Gasteiger partial charge is 0.487 e. The van der Waals surface area contributed by atoms with Gasteiger partial charge in [-0.1, -0.05) is 13.8 Å². The van der Waals surface area contributed by atoms with Gasteiger partial charge in [0.25, 0.3) is 0 Å². The first-order valence-corrected chi connectivity index (χ1v) is 8.15. The molecule has 0 bridgehead atoms. The Balaban J connectivity index is 1.88. The minimum Gasteiger partial charge on any atom is -0.487 e. The van der Waals surface area contributed by atoms with Crippen molar-refractivity contribution >= 4 is 15.9 Å². The highest BCUT2D eigenvalue weighted by atomic mass is 79.9. The van der Waals surface area contributed by atoms with Crippen LogP contribution in [0.3, 0.4) is 0 Å². The molecule has 2 nitrogen and oxygen atoms in total. The van der Waals surface area contributed by atoms with E-state index in [1.165, 1.54) is 12.5 Å². The summed E-state index contributed by atoms with van der Waals surface area (Å²) in [6.45, 7) is 6.43. The first kappa shape index (κ1) is 15.8. The van der Waals surface area contributed by atoms with Crippen LogP contribution in [0.25, 0.3) is 0 Å². The predicted octanol–water partition coefficient (Wildman–Crippen LogP) is 4.53. The molecule has 1 aromatic rings. The van der Waals surface area contributed by atoms with E-state index < -0.39 is 0 Å². The van der Waals surface area contributed by atoms with Crippen molar-refractivity contribution in [1.82, 2.24) is 5.32 Å². The standard InChI is InChI=1S/C16H23BrFNO/c1-12(2)11-19-9-8-16(6-3-7-16)20-13-4-5-15(18)14(17)10-13/h4-5,10,12,19H,3,6-9,11H2,1-2H3. The van der Waals surface area contributed by atoms with Gasteiger partial charge in [0.15, 0.2) is 0 Å². The second-order valence-corrected chi connectivity index (χ2v) is 6.92. The Morgan fingerprint density at radius 1 is 1.40 bits per heavy atom. The lowest BCUT2D eigenvalue weighted by atomic mass is 9.77. The van der Waals surface area contributed by atoms with E-state index in [0.717, 1.165) is 38.1 Å². The van der Waals surface area contributed by atoms with Crippen LogP contribution in [0.1, 0.15) is 39.5 Å². The smallest absolute Gasteiger partial charge is 0.137 e. The van der Waals surface area contributed by atoms with E-state index in [1.807, 2.05) is 0 Å². The molecule has 0 unspecified atom stereocenters. The first-order chi connectivity index (χ1) is 9.51. The van der Waals surface area contributed by atoms with Crippen molar-refractivity contribution in [3.05, 3.63) is 28.5 Å². The maximum absolute atomic E-state index is 13.2. The average Bonchev–Trinajstić information content (AvgIpc) is 2.35. The van der Waals surface area contributed by atoms with Gasteiger partial charge in [0, 0.05) is 0 Å². The molecule has 0 aliphatic heterocycles. The summed E-state index contributed by atoms with van der Waals surface area (Å²) in [5.41, 5.74) is -0.0543. The van der Waals surface area contributed by atoms with Crippen LogP contribution in [0.4, 0.5) is 4.39 Å². The lowest BCUT2D eigenvalue weighted by molar-refractivity contribution is -0.0144. The van der Waals surface area contributed by atoms with E-state index in [1.54, 1.807) is 12.1 Å². The topological polar surface area (TPSA) is 21.3 Å². The third kappa shape index (κ3) is 4.19. The number of ether oxygens (including phenoxy) is 1. The van der Waals surface area contributed by atoms with Crippen molar-refractivity contribution in [3.8, 4) is 5.75 Å². The van der Waals surface area contributed by atoms with Crippen LogP contribution < -0.4 is 10.1 Å². The van der Waals surface area contributed by atoms with Gasteiger partial charge in [-0.25, -0.2) is 4.39 Å². The Labute approximate surface area is 129 Å². The van der Waals surface area contributed by atoms with Crippen LogP contribution in [-0.4, -0.2) is 18.7 Å². The molecule has 1 saturated carbocycles. The monoisotopic (exact) mass is 343 g/mol. The van der Waals surface area contributed by atoms with Gasteiger partial charge in [-0.05, 0) is 78.8 Å². The Morgan fingerprint density at radius 3 is 2.70 bits per heavy atom. The molecule has 20 heavy (non-hydrogen) atoms. The van der Waals surface area contributed by atoms with E-state index in [9.17, 15) is 4.39 Å². The van der Waals surface area contributed by atoms with Crippen molar-refractivity contribution in [3.63, 3.8) is 0 Å². The Morgan fingerprint density at radius 2 is 2.15 bits per heavy atom. The van der Waals surface area contributed by atoms with Gasteiger partial charge >= 0.3 is 0 Å². The van der Waals surface area contributed by atoms with Crippen LogP contribution in [0.2, 0.25) is 0 Å². The number of halogens is 2. The normalized spacial score (nSPS) is 17.1. The molecule has 0 amide bonds. The molecular formula is C16H23BrFNO. The predicted molar refractivity (Wildman–Crippen MR) is 83.6 cm³/mol. The number of hydrogen-bond donors (Lipinski definition) is 1. The average molecular weight is 344 g/mol. The van der Waals surface area contributed by atoms with Gasteiger partial charge in [-0.3, -0.25) is 0 Å². The molecule has 0 spiro atoms. The third-order valence-corrected chi connectivity index (χ3v) is 4.41. The SMILES string of the molecule is CC(C)CNCCC1(Oc2ccc(F)c(Br)c2)CCC1. The summed E-state index contributed by atoms with van der Waals surface area (Å²) in [5.74, 6) is 1.17. The van der Waals surface area contributed by atoms with Gasteiger partial charge in [0.1, 0.15) is 17.2 Å². The Bertz CT molecular complexity index is 446. The van der Waals surface area contributed by atoms with Gasteiger partial charge < -0.3 is 10.1 Å². The molecule has 0 aromatic heterocycles. The zero-order valence-corrected chi connectivity index (χ0v) is 13.8. The van der Waals surface area contributed by atoms with Crippen molar-refractivity contribution < 1.29 is 9.13 Å². The highest BCUT2D eigenvalue weighted by Crippen LogP contribution is 2.39. The minimum atomic E-state index is -0.251. The summed E-state index contributed by atoms with van der Waals surface area (Å²) < 4.78 is 19.8. The summed E-state index contributed by atoms with van der Waals surface area (Å²) in [4.78, 5) is 0. The number of rotatable bonds is 7. The number of hydrogen-bond acceptors (Lipinski definition) is 2. The van der Waals surface area contributed by atoms with Crippen LogP contribution in [-0.2, 0) is 0 Å². The molecule has 0 atom stereocenters. The Hall–Kier alpha value is -0.610. The van der Waals surface area contributed by atoms with E-state index in [2.05, 4.69) is 35.1 Å². The fourth-order valence-corrected chi connectivity index (χ4v) is 2.83. The molecule has 1 N–H and O–H groups in total. The molecule has 112 valence electrons. The summed E-state index contributed by atoms with van der Waals surface area (Å²) in [5, 5.41) is 3.47. The fourth-order valence-electron chi connectivity index (χ4n) is 2.47. The van der Waals surface area contributed by atoms with Crippen molar-refractivity contribution in [1.29, 1.82) is 0 Å². The molecule has 0 radical (unpaired) electrons. The highest BCUT2D eigenvalue weighted by molar-refractivity contribution is 9.10. The molecule has 1 aromatic carbocycles. The summed E-state index contributed by atoms with van der Waals surface area (Å²) in [6, 6.07) is 4.88. The molecule has 0 heterocycles. The molecule has 0 saturated heterocycles. The zero-order chi connectivity index (χ0) is 14.6. The summed E-state index contributed by atoms with van der Waals surface area (Å²) in [7, 11) is 0. The molecule has 1 fully saturated rings. The molecule has 1 aliphatic rings.